The van der Waals surface area contributed by atoms with Gasteiger partial charge in [0.2, 0.25) is 5.82 Å². The van der Waals surface area contributed by atoms with Gasteiger partial charge in [-0.15, -0.1) is 11.3 Å². The van der Waals surface area contributed by atoms with Gasteiger partial charge >= 0.3 is 0 Å². The molecule has 2 aromatic rings. The summed E-state index contributed by atoms with van der Waals surface area (Å²) >= 11 is 4.11. The molecular formula is C11H8BrF2N3O2S. The first-order valence-corrected chi connectivity index (χ1v) is 6.91. The second-order valence-electron chi connectivity index (χ2n) is 3.61. The fourth-order valence-corrected chi connectivity index (χ4v) is 2.44. The van der Waals surface area contributed by atoms with Crippen molar-refractivity contribution < 1.29 is 18.3 Å². The molecular weight excluding hydrogens is 356 g/mol. The molecule has 0 radical (unpaired) electrons. The molecule has 0 saturated heterocycles. The molecule has 0 aliphatic rings. The molecule has 0 atom stereocenters. The molecule has 0 bridgehead atoms. The Kier molecular flexibility index (Phi) is 4.63. The Bertz CT molecular complexity index is 651. The van der Waals surface area contributed by atoms with E-state index in [1.165, 1.54) is 6.07 Å². The van der Waals surface area contributed by atoms with Gasteiger partial charge in [-0.25, -0.2) is 15.2 Å². The van der Waals surface area contributed by atoms with Crippen molar-refractivity contribution in [2.24, 2.45) is 5.84 Å². The number of nitrogens with one attached hydrogen (secondary N) is 1. The zero-order valence-electron chi connectivity index (χ0n) is 9.82. The lowest BCUT2D eigenvalue weighted by Gasteiger charge is -2.06. The van der Waals surface area contributed by atoms with E-state index in [9.17, 15) is 13.6 Å². The third kappa shape index (κ3) is 3.30. The average molecular weight is 364 g/mol. The van der Waals surface area contributed by atoms with Crippen molar-refractivity contribution in [3.63, 3.8) is 0 Å². The molecule has 0 saturated carbocycles. The summed E-state index contributed by atoms with van der Waals surface area (Å²) in [6.07, 6.45) is 0. The molecule has 106 valence electrons. The number of nitrogens with two attached hydrogens (primary N) is 1. The quantitative estimate of drug-likeness (QED) is 0.378. The SMILES string of the molecule is NNC(=O)c1nc(COc2cc(Br)cc(F)c2F)cs1. The lowest BCUT2D eigenvalue weighted by Crippen LogP contribution is -2.29. The van der Waals surface area contributed by atoms with Gasteiger partial charge in [0.1, 0.15) is 6.61 Å². The Morgan fingerprint density at radius 3 is 2.95 bits per heavy atom. The number of halogens is 3. The number of benzene rings is 1. The number of hydrogen-bond acceptors (Lipinski definition) is 5. The molecule has 1 aromatic carbocycles. The third-order valence-electron chi connectivity index (χ3n) is 2.21. The highest BCUT2D eigenvalue weighted by Gasteiger charge is 2.13. The largest absolute Gasteiger partial charge is 0.484 e. The normalized spacial score (nSPS) is 10.4. The zero-order valence-corrected chi connectivity index (χ0v) is 12.2. The highest BCUT2D eigenvalue weighted by molar-refractivity contribution is 9.10. The van der Waals surface area contributed by atoms with Gasteiger partial charge in [0, 0.05) is 9.85 Å². The minimum Gasteiger partial charge on any atom is -0.484 e. The van der Waals surface area contributed by atoms with Crippen molar-refractivity contribution in [3.05, 3.63) is 44.3 Å². The number of carbonyl (C=O) groups is 1. The molecule has 0 aliphatic carbocycles. The van der Waals surface area contributed by atoms with E-state index in [0.29, 0.717) is 10.2 Å². The van der Waals surface area contributed by atoms with Crippen LogP contribution in [-0.4, -0.2) is 10.9 Å². The van der Waals surface area contributed by atoms with Crippen molar-refractivity contribution in [1.29, 1.82) is 0 Å². The van der Waals surface area contributed by atoms with E-state index in [0.717, 1.165) is 17.4 Å². The maximum atomic E-state index is 13.5. The van der Waals surface area contributed by atoms with E-state index in [1.54, 1.807) is 5.38 Å². The minimum atomic E-state index is -1.08. The standard InChI is InChI=1S/C11H8BrF2N3O2S/c12-5-1-7(13)9(14)8(2-5)19-3-6-4-20-11(16-6)10(18)17-15/h1-2,4H,3,15H2,(H,17,18). The minimum absolute atomic E-state index is 0.0961. The molecule has 1 amide bonds. The van der Waals surface area contributed by atoms with Crippen LogP contribution >= 0.6 is 27.3 Å². The predicted octanol–water partition coefficient (Wildman–Crippen LogP) is 2.37. The molecule has 2 rings (SSSR count). The number of amides is 1. The number of ether oxygens (including phenoxy) is 1. The van der Waals surface area contributed by atoms with E-state index in [1.807, 2.05) is 5.43 Å². The van der Waals surface area contributed by atoms with Crippen LogP contribution in [0.5, 0.6) is 5.75 Å². The highest BCUT2D eigenvalue weighted by Crippen LogP contribution is 2.26. The van der Waals surface area contributed by atoms with Crippen LogP contribution in [0.2, 0.25) is 0 Å². The Balaban J connectivity index is 2.09. The first kappa shape index (κ1) is 14.8. The Morgan fingerprint density at radius 1 is 1.50 bits per heavy atom. The summed E-state index contributed by atoms with van der Waals surface area (Å²) in [5.41, 5.74) is 2.36. The first-order chi connectivity index (χ1) is 9.51. The van der Waals surface area contributed by atoms with E-state index >= 15 is 0 Å². The average Bonchev–Trinajstić information content (AvgIpc) is 2.89. The number of thiazole rings is 1. The maximum absolute atomic E-state index is 13.5. The van der Waals surface area contributed by atoms with E-state index in [4.69, 9.17) is 10.6 Å². The van der Waals surface area contributed by atoms with Crippen LogP contribution in [0.4, 0.5) is 8.78 Å². The lowest BCUT2D eigenvalue weighted by atomic mass is 10.3. The number of aromatic nitrogens is 1. The van der Waals surface area contributed by atoms with E-state index in [-0.39, 0.29) is 17.4 Å². The summed E-state index contributed by atoms with van der Waals surface area (Å²) in [4.78, 5) is 15.1. The number of carbonyl (C=O) groups excluding carboxylic acids is 1. The second-order valence-corrected chi connectivity index (χ2v) is 5.38. The highest BCUT2D eigenvalue weighted by atomic mass is 79.9. The molecule has 1 heterocycles. The maximum Gasteiger partial charge on any atom is 0.294 e. The summed E-state index contributed by atoms with van der Waals surface area (Å²) in [5, 5.41) is 1.73. The van der Waals surface area contributed by atoms with Crippen molar-refractivity contribution in [1.82, 2.24) is 10.4 Å². The molecule has 0 spiro atoms. The Labute approximate surface area is 124 Å². The van der Waals surface area contributed by atoms with Gasteiger partial charge in [0.15, 0.2) is 16.6 Å². The van der Waals surface area contributed by atoms with Gasteiger partial charge in [-0.05, 0) is 12.1 Å². The molecule has 20 heavy (non-hydrogen) atoms. The lowest BCUT2D eigenvalue weighted by molar-refractivity contribution is 0.0953. The second kappa shape index (κ2) is 6.25. The van der Waals surface area contributed by atoms with Crippen LogP contribution < -0.4 is 16.0 Å². The summed E-state index contributed by atoms with van der Waals surface area (Å²) in [5.74, 6) is 2.11. The fraction of sp³-hybridized carbons (Fsp3) is 0.0909. The van der Waals surface area contributed by atoms with Gasteiger partial charge < -0.3 is 4.74 Å². The number of nitrogens with zero attached hydrogens (tertiary/aromatic N) is 1. The Morgan fingerprint density at radius 2 is 2.25 bits per heavy atom. The van der Waals surface area contributed by atoms with Crippen LogP contribution in [0, 0.1) is 11.6 Å². The van der Waals surface area contributed by atoms with E-state index in [2.05, 4.69) is 20.9 Å². The Hall–Kier alpha value is -1.58. The van der Waals surface area contributed by atoms with Gasteiger partial charge in [0.25, 0.3) is 5.91 Å². The van der Waals surface area contributed by atoms with Crippen molar-refractivity contribution in [2.45, 2.75) is 6.61 Å². The molecule has 3 N–H and O–H groups in total. The monoisotopic (exact) mass is 363 g/mol. The molecule has 0 fully saturated rings. The summed E-state index contributed by atoms with van der Waals surface area (Å²) in [6, 6.07) is 2.30. The number of hydrazine groups is 1. The summed E-state index contributed by atoms with van der Waals surface area (Å²) < 4.78 is 32.1. The summed E-state index contributed by atoms with van der Waals surface area (Å²) in [7, 11) is 0. The van der Waals surface area contributed by atoms with Gasteiger partial charge in [-0.3, -0.25) is 10.2 Å². The van der Waals surface area contributed by atoms with Gasteiger partial charge in [0.05, 0.1) is 5.69 Å². The fourth-order valence-electron chi connectivity index (χ4n) is 1.33. The molecule has 0 unspecified atom stereocenters. The van der Waals surface area contributed by atoms with Crippen molar-refractivity contribution >= 4 is 33.2 Å². The van der Waals surface area contributed by atoms with E-state index < -0.39 is 17.5 Å². The molecule has 1 aromatic heterocycles. The summed E-state index contributed by atoms with van der Waals surface area (Å²) in [6.45, 7) is -0.0961. The smallest absolute Gasteiger partial charge is 0.294 e. The van der Waals surface area contributed by atoms with Crippen LogP contribution in [0.3, 0.4) is 0 Å². The molecule has 9 heteroatoms. The van der Waals surface area contributed by atoms with Crippen molar-refractivity contribution in [3.8, 4) is 5.75 Å². The van der Waals surface area contributed by atoms with Gasteiger partial charge in [-0.1, -0.05) is 15.9 Å². The van der Waals surface area contributed by atoms with Crippen molar-refractivity contribution in [2.75, 3.05) is 0 Å². The first-order valence-electron chi connectivity index (χ1n) is 5.24. The van der Waals surface area contributed by atoms with Gasteiger partial charge in [-0.2, -0.15) is 4.39 Å². The van der Waals surface area contributed by atoms with Crippen LogP contribution in [0.25, 0.3) is 0 Å². The molecule has 0 aliphatic heterocycles. The van der Waals surface area contributed by atoms with Crippen LogP contribution in [-0.2, 0) is 6.61 Å². The number of nitrogen functional groups attached to an aromatic ring is 1. The molecule has 5 nitrogen and oxygen atoms in total. The third-order valence-corrected chi connectivity index (χ3v) is 3.56. The van der Waals surface area contributed by atoms with Crippen LogP contribution in [0.1, 0.15) is 15.5 Å². The number of hydrogen-bond donors (Lipinski definition) is 2. The topological polar surface area (TPSA) is 77.2 Å². The van der Waals surface area contributed by atoms with Crippen LogP contribution in [0.15, 0.2) is 22.0 Å². The number of rotatable bonds is 4. The predicted molar refractivity (Wildman–Crippen MR) is 72.2 cm³/mol. The zero-order chi connectivity index (χ0) is 14.7.